The van der Waals surface area contributed by atoms with Gasteiger partial charge in [-0.3, -0.25) is 0 Å². The molecule has 0 radical (unpaired) electrons. The highest BCUT2D eigenvalue weighted by molar-refractivity contribution is 7.99. The van der Waals surface area contributed by atoms with E-state index in [1.54, 1.807) is 6.07 Å². The lowest BCUT2D eigenvalue weighted by Gasteiger charge is -2.24. The van der Waals surface area contributed by atoms with E-state index in [0.717, 1.165) is 18.2 Å². The molecule has 2 heterocycles. The van der Waals surface area contributed by atoms with Crippen molar-refractivity contribution < 1.29 is 38.7 Å². The second-order valence-electron chi connectivity index (χ2n) is 9.95. The SMILES string of the molecule is CCCSc1nc(N[C@@H]2C[C@@H]2c2ccc(F)c(F)c2)c2nnn([C@H]3C[C@H](OC(CCO)C(=O)[O-])[C@@H](O)[C@H]3O)c2n1. The van der Waals surface area contributed by atoms with Gasteiger partial charge in [-0.05, 0) is 30.5 Å². The van der Waals surface area contributed by atoms with E-state index in [9.17, 15) is 28.9 Å². The number of nitrogens with one attached hydrogen (secondary N) is 1. The van der Waals surface area contributed by atoms with Crippen LogP contribution >= 0.6 is 11.8 Å². The Hall–Kier alpha value is -2.98. The van der Waals surface area contributed by atoms with E-state index in [0.29, 0.717) is 34.1 Å². The third-order valence-corrected chi connectivity index (χ3v) is 8.18. The Morgan fingerprint density at radius 2 is 2.05 bits per heavy atom. The molecule has 1 aromatic carbocycles. The predicted molar refractivity (Wildman–Crippen MR) is 136 cm³/mol. The van der Waals surface area contributed by atoms with E-state index in [-0.39, 0.29) is 24.8 Å². The number of nitrogens with zero attached hydrogens (tertiary/aromatic N) is 5. The summed E-state index contributed by atoms with van der Waals surface area (Å²) in [6, 6.07) is 2.89. The zero-order valence-corrected chi connectivity index (χ0v) is 22.3. The molecule has 12 nitrogen and oxygen atoms in total. The Morgan fingerprint density at radius 3 is 2.75 bits per heavy atom. The van der Waals surface area contributed by atoms with Gasteiger partial charge in [-0.2, -0.15) is 0 Å². The second-order valence-corrected chi connectivity index (χ2v) is 11.0. The maximum atomic E-state index is 13.8. The molecule has 0 aliphatic heterocycles. The number of anilines is 1. The Balaban J connectivity index is 1.41. The Morgan fingerprint density at radius 1 is 1.25 bits per heavy atom. The topological polar surface area (TPSA) is 179 Å². The molecule has 2 fully saturated rings. The number of carbonyl (C=O) groups is 1. The number of carbonyl (C=O) groups excluding carboxylic acids is 1. The van der Waals surface area contributed by atoms with Crippen LogP contribution in [0.3, 0.4) is 0 Å². The number of hydrogen-bond acceptors (Lipinski definition) is 12. The molecule has 2 saturated carbocycles. The predicted octanol–water partition coefficient (Wildman–Crippen LogP) is 0.522. The van der Waals surface area contributed by atoms with Gasteiger partial charge in [0, 0.05) is 37.2 Å². The lowest BCUT2D eigenvalue weighted by molar-refractivity contribution is -0.319. The highest BCUT2D eigenvalue weighted by Crippen LogP contribution is 2.44. The van der Waals surface area contributed by atoms with Crippen molar-refractivity contribution in [3.63, 3.8) is 0 Å². The zero-order chi connectivity index (χ0) is 28.6. The van der Waals surface area contributed by atoms with E-state index >= 15 is 0 Å². The number of carboxylic acids is 1. The first-order chi connectivity index (χ1) is 19.2. The third-order valence-electron chi connectivity index (χ3n) is 7.13. The molecule has 2 aromatic heterocycles. The van der Waals surface area contributed by atoms with E-state index < -0.39 is 54.7 Å². The summed E-state index contributed by atoms with van der Waals surface area (Å²) in [6.45, 7) is 1.56. The summed E-state index contributed by atoms with van der Waals surface area (Å²) in [5.74, 6) is -2.27. The molecule has 7 atom stereocenters. The fourth-order valence-corrected chi connectivity index (χ4v) is 5.64. The smallest absolute Gasteiger partial charge is 0.191 e. The number of hydrogen-bond donors (Lipinski definition) is 4. The monoisotopic (exact) mass is 579 g/mol. The maximum absolute atomic E-state index is 13.8. The van der Waals surface area contributed by atoms with Gasteiger partial charge in [0.2, 0.25) is 0 Å². The van der Waals surface area contributed by atoms with E-state index in [1.807, 2.05) is 6.92 Å². The Bertz CT molecular complexity index is 1380. The van der Waals surface area contributed by atoms with Crippen LogP contribution in [0.4, 0.5) is 14.6 Å². The van der Waals surface area contributed by atoms with Crippen LogP contribution in [0.5, 0.6) is 0 Å². The summed E-state index contributed by atoms with van der Waals surface area (Å²) in [6.07, 6.45) is -4.01. The van der Waals surface area contributed by atoms with Crippen LogP contribution in [-0.2, 0) is 9.53 Å². The normalized spacial score (nSPS) is 26.8. The van der Waals surface area contributed by atoms with Crippen LogP contribution in [0, 0.1) is 11.6 Å². The number of rotatable bonds is 12. The number of ether oxygens (including phenoxy) is 1. The van der Waals surface area contributed by atoms with E-state index in [1.165, 1.54) is 22.5 Å². The summed E-state index contributed by atoms with van der Waals surface area (Å²) in [4.78, 5) is 20.6. The van der Waals surface area contributed by atoms with E-state index in [4.69, 9.17) is 9.84 Å². The largest absolute Gasteiger partial charge is 0.547 e. The van der Waals surface area contributed by atoms with Crippen molar-refractivity contribution in [2.75, 3.05) is 17.7 Å². The number of halogens is 2. The van der Waals surface area contributed by atoms with Crippen molar-refractivity contribution in [1.82, 2.24) is 25.0 Å². The van der Waals surface area contributed by atoms with Gasteiger partial charge >= 0.3 is 0 Å². The average molecular weight is 580 g/mol. The fraction of sp³-hybridized carbons (Fsp3) is 0.560. The number of aliphatic hydroxyl groups excluding tert-OH is 3. The molecule has 15 heteroatoms. The van der Waals surface area contributed by atoms with Crippen LogP contribution in [0.15, 0.2) is 23.4 Å². The first-order valence-electron chi connectivity index (χ1n) is 13.0. The summed E-state index contributed by atoms with van der Waals surface area (Å²) >= 11 is 1.42. The van der Waals surface area contributed by atoms with Crippen LogP contribution in [0.1, 0.15) is 50.1 Å². The van der Waals surface area contributed by atoms with Gasteiger partial charge in [0.15, 0.2) is 33.8 Å². The first kappa shape index (κ1) is 28.5. The van der Waals surface area contributed by atoms with Crippen molar-refractivity contribution >= 4 is 34.7 Å². The molecule has 2 aliphatic carbocycles. The molecule has 4 N–H and O–H groups in total. The molecule has 3 aromatic rings. The fourth-order valence-electron chi connectivity index (χ4n) is 4.95. The number of carboxylic acid groups (broad SMARTS) is 1. The van der Waals surface area contributed by atoms with Crippen molar-refractivity contribution in [2.45, 2.75) is 80.2 Å². The van der Waals surface area contributed by atoms with Gasteiger partial charge in [-0.15, -0.1) is 5.10 Å². The highest BCUT2D eigenvalue weighted by Gasteiger charge is 2.46. The molecule has 0 amide bonds. The third kappa shape index (κ3) is 5.74. The van der Waals surface area contributed by atoms with Crippen molar-refractivity contribution in [3.8, 4) is 0 Å². The minimum Gasteiger partial charge on any atom is -0.547 e. The Kier molecular flexibility index (Phi) is 8.47. The standard InChI is InChI=1S/C25H30F2N6O6S/c1-2-7-40-25-29-22(28-15-9-12(15)11-3-4-13(26)14(27)8-11)19-23(30-25)33(32-31-19)16-10-18(21(36)20(16)35)39-17(5-6-34)24(37)38/h3-4,8,12,15-18,20-21,34-36H,2,5-7,9-10H2,1H3,(H,37,38)(H,28,29,30)/p-1/t12-,15-,16+,17?,18+,20+,21-/m1/s1. The van der Waals surface area contributed by atoms with Gasteiger partial charge in [-0.1, -0.05) is 30.0 Å². The maximum Gasteiger partial charge on any atom is 0.191 e. The molecule has 2 aliphatic rings. The van der Waals surface area contributed by atoms with E-state index in [2.05, 4.69) is 25.6 Å². The van der Waals surface area contributed by atoms with Crippen molar-refractivity contribution in [1.29, 1.82) is 0 Å². The molecule has 0 bridgehead atoms. The van der Waals surface area contributed by atoms with Gasteiger partial charge in [0.1, 0.15) is 12.2 Å². The number of benzene rings is 1. The molecule has 0 spiro atoms. The van der Waals surface area contributed by atoms with Gasteiger partial charge in [0.25, 0.3) is 0 Å². The number of fused-ring (bicyclic) bond motifs is 1. The highest BCUT2D eigenvalue weighted by atomic mass is 32.2. The molecule has 216 valence electrons. The summed E-state index contributed by atoms with van der Waals surface area (Å²) < 4.78 is 34.0. The molecular formula is C25H29F2N6O6S-. The number of aliphatic carboxylic acids is 1. The molecular weight excluding hydrogens is 550 g/mol. The van der Waals surface area contributed by atoms with Crippen LogP contribution < -0.4 is 10.4 Å². The average Bonchev–Trinajstić information content (AvgIpc) is 3.48. The molecule has 1 unspecified atom stereocenters. The van der Waals surface area contributed by atoms with Crippen molar-refractivity contribution in [2.24, 2.45) is 0 Å². The number of aromatic nitrogens is 5. The quantitative estimate of drug-likeness (QED) is 0.173. The van der Waals surface area contributed by atoms with Crippen molar-refractivity contribution in [3.05, 3.63) is 35.4 Å². The van der Waals surface area contributed by atoms with Crippen LogP contribution in [-0.4, -0.2) is 89.1 Å². The minimum absolute atomic E-state index is 0.00102. The van der Waals surface area contributed by atoms with Gasteiger partial charge < -0.3 is 35.3 Å². The minimum atomic E-state index is -1.53. The summed E-state index contributed by atoms with van der Waals surface area (Å²) in [7, 11) is 0. The van der Waals surface area contributed by atoms with Crippen LogP contribution in [0.25, 0.3) is 11.2 Å². The zero-order valence-electron chi connectivity index (χ0n) is 21.5. The first-order valence-corrected chi connectivity index (χ1v) is 14.0. The molecule has 40 heavy (non-hydrogen) atoms. The number of thioether (sulfide) groups is 1. The van der Waals surface area contributed by atoms with Gasteiger partial charge in [0.05, 0.1) is 24.2 Å². The Labute approximate surface area is 231 Å². The lowest BCUT2D eigenvalue weighted by atomic mass is 10.1. The summed E-state index contributed by atoms with van der Waals surface area (Å²) in [5.41, 5.74) is 1.27. The number of aliphatic hydroxyl groups is 3. The molecule has 0 saturated heterocycles. The molecule has 5 rings (SSSR count). The van der Waals surface area contributed by atoms with Gasteiger partial charge in [-0.25, -0.2) is 23.4 Å². The summed E-state index contributed by atoms with van der Waals surface area (Å²) in [5, 5.41) is 54.1. The second kappa shape index (κ2) is 11.9. The lowest BCUT2D eigenvalue weighted by Crippen LogP contribution is -2.43. The van der Waals surface area contributed by atoms with Crippen LogP contribution in [0.2, 0.25) is 0 Å².